The summed E-state index contributed by atoms with van der Waals surface area (Å²) in [5.74, 6) is 0. The monoisotopic (exact) mass is 252 g/mol. The molecule has 1 saturated heterocycles. The smallest absolute Gasteiger partial charge is 0.157 e. The van der Waals surface area contributed by atoms with E-state index in [2.05, 4.69) is 0 Å². The Bertz CT molecular complexity index is 170. The van der Waals surface area contributed by atoms with Gasteiger partial charge in [-0.1, -0.05) is 51.3 Å². The summed E-state index contributed by atoms with van der Waals surface area (Å²) in [5.41, 5.74) is 0. The third kappa shape index (κ3) is 8.99. The van der Waals surface area contributed by atoms with Crippen molar-refractivity contribution < 1.29 is 9.47 Å². The van der Waals surface area contributed by atoms with Gasteiger partial charge in [0, 0.05) is 13.2 Å². The lowest BCUT2D eigenvalue weighted by Crippen LogP contribution is -2.22. The van der Waals surface area contributed by atoms with Crippen molar-refractivity contribution in [3.63, 3.8) is 0 Å². The molecule has 0 aromatic carbocycles. The SMILES string of the molecule is [B]CCCCCCCCCCOC1CCCCO1. The first-order chi connectivity index (χ1) is 8.93. The second kappa shape index (κ2) is 12.0. The molecule has 1 rings (SSSR count). The molecule has 18 heavy (non-hydrogen) atoms. The number of hydrogen-bond donors (Lipinski definition) is 0. The summed E-state index contributed by atoms with van der Waals surface area (Å²) in [4.78, 5) is 0. The van der Waals surface area contributed by atoms with Crippen molar-refractivity contribution in [2.75, 3.05) is 13.2 Å². The highest BCUT2D eigenvalue weighted by molar-refractivity contribution is 6.08. The van der Waals surface area contributed by atoms with Crippen LogP contribution in [0.25, 0.3) is 0 Å². The number of unbranched alkanes of at least 4 members (excludes halogenated alkanes) is 7. The van der Waals surface area contributed by atoms with E-state index in [0.717, 1.165) is 26.0 Å². The van der Waals surface area contributed by atoms with E-state index in [9.17, 15) is 0 Å². The van der Waals surface area contributed by atoms with Crippen LogP contribution in [0.2, 0.25) is 6.32 Å². The lowest BCUT2D eigenvalue weighted by atomic mass is 9.98. The molecule has 2 radical (unpaired) electrons. The Morgan fingerprint density at radius 2 is 1.56 bits per heavy atom. The predicted octanol–water partition coefficient (Wildman–Crippen LogP) is 4.24. The molecular formula is C15H29BO2. The van der Waals surface area contributed by atoms with E-state index in [1.54, 1.807) is 0 Å². The molecule has 1 aliphatic heterocycles. The van der Waals surface area contributed by atoms with Crippen LogP contribution in [0.15, 0.2) is 0 Å². The van der Waals surface area contributed by atoms with Crippen molar-refractivity contribution >= 4 is 7.85 Å². The molecule has 1 heterocycles. The van der Waals surface area contributed by atoms with E-state index in [4.69, 9.17) is 17.3 Å². The minimum Gasteiger partial charge on any atom is -0.353 e. The van der Waals surface area contributed by atoms with Gasteiger partial charge in [-0.25, -0.2) is 0 Å². The Morgan fingerprint density at radius 1 is 0.889 bits per heavy atom. The van der Waals surface area contributed by atoms with Crippen LogP contribution in [-0.2, 0) is 9.47 Å². The second-order valence-electron chi connectivity index (χ2n) is 5.28. The van der Waals surface area contributed by atoms with Crippen molar-refractivity contribution in [1.82, 2.24) is 0 Å². The lowest BCUT2D eigenvalue weighted by molar-refractivity contribution is -0.162. The summed E-state index contributed by atoms with van der Waals surface area (Å²) in [6.45, 7) is 1.76. The van der Waals surface area contributed by atoms with Crippen molar-refractivity contribution in [3.05, 3.63) is 0 Å². The quantitative estimate of drug-likeness (QED) is 0.404. The van der Waals surface area contributed by atoms with Crippen LogP contribution in [-0.4, -0.2) is 27.4 Å². The minimum atomic E-state index is 0.0926. The van der Waals surface area contributed by atoms with Crippen LogP contribution in [0.1, 0.15) is 70.6 Å². The Kier molecular flexibility index (Phi) is 10.7. The Labute approximate surface area is 114 Å². The van der Waals surface area contributed by atoms with Crippen LogP contribution in [0.3, 0.4) is 0 Å². The summed E-state index contributed by atoms with van der Waals surface area (Å²) in [6, 6.07) is 0. The minimum absolute atomic E-state index is 0.0926. The van der Waals surface area contributed by atoms with Crippen LogP contribution >= 0.6 is 0 Å². The molecule has 1 fully saturated rings. The zero-order chi connectivity index (χ0) is 12.9. The third-order valence-corrected chi connectivity index (χ3v) is 3.54. The highest BCUT2D eigenvalue weighted by atomic mass is 16.7. The van der Waals surface area contributed by atoms with Gasteiger partial charge in [0.15, 0.2) is 6.29 Å². The Morgan fingerprint density at radius 3 is 2.17 bits per heavy atom. The van der Waals surface area contributed by atoms with Crippen molar-refractivity contribution in [1.29, 1.82) is 0 Å². The van der Waals surface area contributed by atoms with Gasteiger partial charge in [-0.2, -0.15) is 0 Å². The molecule has 0 spiro atoms. The van der Waals surface area contributed by atoms with E-state index in [1.807, 2.05) is 0 Å². The van der Waals surface area contributed by atoms with Crippen LogP contribution in [0, 0.1) is 0 Å². The zero-order valence-electron chi connectivity index (χ0n) is 11.9. The largest absolute Gasteiger partial charge is 0.353 e. The summed E-state index contributed by atoms with van der Waals surface area (Å²) in [7, 11) is 5.46. The van der Waals surface area contributed by atoms with Crippen LogP contribution < -0.4 is 0 Å². The summed E-state index contributed by atoms with van der Waals surface area (Å²) < 4.78 is 11.2. The van der Waals surface area contributed by atoms with Crippen LogP contribution in [0.5, 0.6) is 0 Å². The fourth-order valence-corrected chi connectivity index (χ4v) is 2.36. The Balaban J connectivity index is 1.73. The fourth-order valence-electron chi connectivity index (χ4n) is 2.36. The van der Waals surface area contributed by atoms with Gasteiger partial charge in [0.2, 0.25) is 0 Å². The molecule has 0 bridgehead atoms. The molecule has 1 aliphatic rings. The lowest BCUT2D eigenvalue weighted by Gasteiger charge is -2.22. The maximum absolute atomic E-state index is 5.71. The van der Waals surface area contributed by atoms with Gasteiger partial charge in [0.25, 0.3) is 0 Å². The van der Waals surface area contributed by atoms with E-state index in [-0.39, 0.29) is 6.29 Å². The number of ether oxygens (including phenoxy) is 2. The average molecular weight is 252 g/mol. The Hall–Kier alpha value is -0.0151. The molecule has 0 aromatic heterocycles. The maximum Gasteiger partial charge on any atom is 0.157 e. The normalized spacial score (nSPS) is 20.1. The zero-order valence-corrected chi connectivity index (χ0v) is 11.9. The van der Waals surface area contributed by atoms with E-state index < -0.39 is 0 Å². The van der Waals surface area contributed by atoms with Crippen molar-refractivity contribution in [3.8, 4) is 0 Å². The molecule has 0 amide bonds. The van der Waals surface area contributed by atoms with E-state index >= 15 is 0 Å². The van der Waals surface area contributed by atoms with E-state index in [0.29, 0.717) is 0 Å². The van der Waals surface area contributed by atoms with Gasteiger partial charge in [0.1, 0.15) is 0 Å². The molecule has 3 heteroatoms. The molecule has 1 unspecified atom stereocenters. The molecule has 0 saturated carbocycles. The maximum atomic E-state index is 5.71. The first-order valence-corrected chi connectivity index (χ1v) is 7.87. The molecule has 1 atom stereocenters. The molecule has 0 aliphatic carbocycles. The van der Waals surface area contributed by atoms with E-state index in [1.165, 1.54) is 64.2 Å². The van der Waals surface area contributed by atoms with Gasteiger partial charge in [-0.15, -0.1) is 0 Å². The molecular weight excluding hydrogens is 223 g/mol. The van der Waals surface area contributed by atoms with Crippen molar-refractivity contribution in [2.24, 2.45) is 0 Å². The van der Waals surface area contributed by atoms with Gasteiger partial charge in [-0.3, -0.25) is 0 Å². The standard InChI is InChI=1S/C15H29BO2/c16-12-8-5-3-1-2-4-6-9-13-17-15-11-7-10-14-18-15/h15H,1-14H2. The van der Waals surface area contributed by atoms with Crippen LogP contribution in [0.4, 0.5) is 0 Å². The first-order valence-electron chi connectivity index (χ1n) is 7.87. The van der Waals surface area contributed by atoms with Crippen molar-refractivity contribution in [2.45, 2.75) is 83.2 Å². The molecule has 0 N–H and O–H groups in total. The first kappa shape index (κ1) is 16.0. The number of rotatable bonds is 11. The second-order valence-corrected chi connectivity index (χ2v) is 5.28. The molecule has 0 aromatic rings. The summed E-state index contributed by atoms with van der Waals surface area (Å²) >= 11 is 0. The summed E-state index contributed by atoms with van der Waals surface area (Å²) in [6.07, 6.45) is 14.9. The fraction of sp³-hybridized carbons (Fsp3) is 1.00. The summed E-state index contributed by atoms with van der Waals surface area (Å²) in [5, 5.41) is 0. The topological polar surface area (TPSA) is 18.5 Å². The highest BCUT2D eigenvalue weighted by Gasteiger charge is 2.13. The molecule has 2 nitrogen and oxygen atoms in total. The highest BCUT2D eigenvalue weighted by Crippen LogP contribution is 2.14. The molecule has 104 valence electrons. The third-order valence-electron chi connectivity index (χ3n) is 3.54. The van der Waals surface area contributed by atoms with Gasteiger partial charge < -0.3 is 9.47 Å². The van der Waals surface area contributed by atoms with Gasteiger partial charge in [0.05, 0.1) is 7.85 Å². The number of hydrogen-bond acceptors (Lipinski definition) is 2. The van der Waals surface area contributed by atoms with Gasteiger partial charge >= 0.3 is 0 Å². The predicted molar refractivity (Wildman–Crippen MR) is 77.0 cm³/mol. The van der Waals surface area contributed by atoms with Gasteiger partial charge in [-0.05, 0) is 25.7 Å². The average Bonchev–Trinajstić information content (AvgIpc) is 2.42.